The number of para-hydroxylation sites is 1. The van der Waals surface area contributed by atoms with Gasteiger partial charge in [-0.15, -0.1) is 0 Å². The Balaban J connectivity index is 3.12. The van der Waals surface area contributed by atoms with E-state index < -0.39 is 16.1 Å². The first kappa shape index (κ1) is 12.3. The molecule has 0 aliphatic heterocycles. The molecule has 0 fully saturated rings. The molecule has 7 heteroatoms. The number of hydrogen-bond acceptors (Lipinski definition) is 4. The minimum atomic E-state index is -3.90. The summed E-state index contributed by atoms with van der Waals surface area (Å²) >= 11 is 0. The molecule has 1 aromatic rings. The first-order valence-electron chi connectivity index (χ1n) is 4.39. The quantitative estimate of drug-likeness (QED) is 0.801. The van der Waals surface area contributed by atoms with E-state index in [0.29, 0.717) is 0 Å². The Labute approximate surface area is 93.7 Å². The van der Waals surface area contributed by atoms with Crippen LogP contribution in [-0.2, 0) is 10.0 Å². The third kappa shape index (κ3) is 2.63. The summed E-state index contributed by atoms with van der Waals surface area (Å²) in [7, 11) is -1.22. The molecule has 6 nitrogen and oxygen atoms in total. The van der Waals surface area contributed by atoms with Crippen molar-refractivity contribution in [3.63, 3.8) is 0 Å². The lowest BCUT2D eigenvalue weighted by Gasteiger charge is -2.09. The van der Waals surface area contributed by atoms with Crippen LogP contribution in [0.5, 0.6) is 5.75 Å². The van der Waals surface area contributed by atoms with Gasteiger partial charge in [0.05, 0.1) is 7.11 Å². The molecule has 0 atom stereocenters. The van der Waals surface area contributed by atoms with Crippen molar-refractivity contribution >= 4 is 16.1 Å². The summed E-state index contributed by atoms with van der Waals surface area (Å²) in [6, 6.07) is 5.23. The maximum Gasteiger partial charge on any atom is 0.328 e. The zero-order chi connectivity index (χ0) is 12.2. The second kappa shape index (κ2) is 4.84. The highest BCUT2D eigenvalue weighted by atomic mass is 32.2. The van der Waals surface area contributed by atoms with Gasteiger partial charge in [-0.2, -0.15) is 0 Å². The molecule has 0 aliphatic rings. The van der Waals surface area contributed by atoms with Crippen molar-refractivity contribution < 1.29 is 17.9 Å². The van der Waals surface area contributed by atoms with E-state index in [-0.39, 0.29) is 10.6 Å². The third-order valence-corrected chi connectivity index (χ3v) is 3.18. The van der Waals surface area contributed by atoms with Gasteiger partial charge in [-0.1, -0.05) is 12.1 Å². The van der Waals surface area contributed by atoms with Gasteiger partial charge in [0.2, 0.25) is 0 Å². The van der Waals surface area contributed by atoms with Crippen LogP contribution in [0.2, 0.25) is 0 Å². The molecular weight excluding hydrogens is 232 g/mol. The van der Waals surface area contributed by atoms with E-state index in [1.165, 1.54) is 26.3 Å². The smallest absolute Gasteiger partial charge is 0.328 e. The van der Waals surface area contributed by atoms with Crippen LogP contribution in [0, 0.1) is 0 Å². The largest absolute Gasteiger partial charge is 0.495 e. The van der Waals surface area contributed by atoms with Gasteiger partial charge in [-0.3, -0.25) is 0 Å². The van der Waals surface area contributed by atoms with Crippen molar-refractivity contribution in [1.29, 1.82) is 0 Å². The Morgan fingerprint density at radius 3 is 2.50 bits per heavy atom. The number of carbonyl (C=O) groups excluding carboxylic acids is 1. The van der Waals surface area contributed by atoms with E-state index in [4.69, 9.17) is 4.74 Å². The fraction of sp³-hybridized carbons (Fsp3) is 0.222. The first-order chi connectivity index (χ1) is 7.51. The lowest BCUT2D eigenvalue weighted by Crippen LogP contribution is -2.37. The molecule has 1 aromatic carbocycles. The van der Waals surface area contributed by atoms with Gasteiger partial charge in [0.1, 0.15) is 10.6 Å². The van der Waals surface area contributed by atoms with Crippen molar-refractivity contribution in [3.8, 4) is 5.75 Å². The molecule has 0 bridgehead atoms. The molecule has 2 N–H and O–H groups in total. The molecule has 88 valence electrons. The van der Waals surface area contributed by atoms with Crippen LogP contribution in [0.25, 0.3) is 0 Å². The van der Waals surface area contributed by atoms with Crippen LogP contribution < -0.4 is 14.8 Å². The fourth-order valence-corrected chi connectivity index (χ4v) is 2.20. The first-order valence-corrected chi connectivity index (χ1v) is 5.87. The Hall–Kier alpha value is -1.76. The number of methoxy groups -OCH3 is 1. The average Bonchev–Trinajstić information content (AvgIpc) is 2.28. The highest BCUT2D eigenvalue weighted by Gasteiger charge is 2.20. The number of carbonyl (C=O) groups is 1. The topological polar surface area (TPSA) is 84.5 Å². The maximum absolute atomic E-state index is 11.7. The maximum atomic E-state index is 11.7. The molecule has 0 heterocycles. The Bertz CT molecular complexity index is 484. The Kier molecular flexibility index (Phi) is 3.73. The summed E-state index contributed by atoms with van der Waals surface area (Å²) in [5.74, 6) is 0.180. The molecule has 2 amide bonds. The SMILES string of the molecule is CNC(=O)NS(=O)(=O)c1ccccc1OC. The fourth-order valence-electron chi connectivity index (χ4n) is 1.07. The van der Waals surface area contributed by atoms with E-state index in [0.717, 1.165) is 0 Å². The predicted molar refractivity (Wildman–Crippen MR) is 57.8 cm³/mol. The molecule has 0 spiro atoms. The molecule has 1 rings (SSSR count). The molecule has 16 heavy (non-hydrogen) atoms. The monoisotopic (exact) mass is 244 g/mol. The van der Waals surface area contributed by atoms with E-state index in [2.05, 4.69) is 5.32 Å². The van der Waals surface area contributed by atoms with Crippen molar-refractivity contribution in [3.05, 3.63) is 24.3 Å². The molecule has 0 aliphatic carbocycles. The van der Waals surface area contributed by atoms with Crippen LogP contribution in [0.4, 0.5) is 4.79 Å². The zero-order valence-electron chi connectivity index (χ0n) is 8.85. The van der Waals surface area contributed by atoms with E-state index in [1.54, 1.807) is 12.1 Å². The predicted octanol–water partition coefficient (Wildman–Crippen LogP) is 0.313. The number of amides is 2. The van der Waals surface area contributed by atoms with Crippen molar-refractivity contribution in [1.82, 2.24) is 10.0 Å². The van der Waals surface area contributed by atoms with Gasteiger partial charge in [-0.25, -0.2) is 17.9 Å². The molecule has 0 unspecified atom stereocenters. The molecule has 0 saturated heterocycles. The second-order valence-electron chi connectivity index (χ2n) is 2.84. The van der Waals surface area contributed by atoms with E-state index in [1.807, 2.05) is 4.72 Å². The highest BCUT2D eigenvalue weighted by molar-refractivity contribution is 7.90. The number of sulfonamides is 1. The number of rotatable bonds is 3. The summed E-state index contributed by atoms with van der Waals surface area (Å²) in [6.45, 7) is 0. The summed E-state index contributed by atoms with van der Waals surface area (Å²) in [5.41, 5.74) is 0. The number of nitrogens with one attached hydrogen (secondary N) is 2. The van der Waals surface area contributed by atoms with Gasteiger partial charge >= 0.3 is 6.03 Å². The summed E-state index contributed by atoms with van der Waals surface area (Å²) in [6.07, 6.45) is 0. The second-order valence-corrected chi connectivity index (χ2v) is 4.49. The minimum Gasteiger partial charge on any atom is -0.495 e. The van der Waals surface area contributed by atoms with Crippen LogP contribution >= 0.6 is 0 Å². The number of urea groups is 1. The number of benzene rings is 1. The van der Waals surface area contributed by atoms with Crippen molar-refractivity contribution in [2.45, 2.75) is 4.90 Å². The van der Waals surface area contributed by atoms with Gasteiger partial charge < -0.3 is 10.1 Å². The number of ether oxygens (including phenoxy) is 1. The molecular formula is C9H12N2O4S. The number of hydrogen-bond donors (Lipinski definition) is 2. The lowest BCUT2D eigenvalue weighted by atomic mass is 10.3. The Morgan fingerprint density at radius 2 is 1.94 bits per heavy atom. The van der Waals surface area contributed by atoms with Crippen LogP contribution in [0.3, 0.4) is 0 Å². The van der Waals surface area contributed by atoms with Gasteiger partial charge in [0.15, 0.2) is 0 Å². The van der Waals surface area contributed by atoms with Gasteiger partial charge in [-0.05, 0) is 12.1 Å². The van der Waals surface area contributed by atoms with E-state index >= 15 is 0 Å². The van der Waals surface area contributed by atoms with Crippen molar-refractivity contribution in [2.24, 2.45) is 0 Å². The standard InChI is InChI=1S/C9H12N2O4S/c1-10-9(12)11-16(13,14)8-6-4-3-5-7(8)15-2/h3-6H,1-2H3,(H2,10,11,12). The Morgan fingerprint density at radius 1 is 1.31 bits per heavy atom. The molecule has 0 radical (unpaired) electrons. The van der Waals surface area contributed by atoms with Crippen LogP contribution in [0.1, 0.15) is 0 Å². The average molecular weight is 244 g/mol. The zero-order valence-corrected chi connectivity index (χ0v) is 9.67. The summed E-state index contributed by atoms with van der Waals surface area (Å²) < 4.78 is 30.2. The lowest BCUT2D eigenvalue weighted by molar-refractivity contribution is 0.247. The highest BCUT2D eigenvalue weighted by Crippen LogP contribution is 2.22. The third-order valence-electron chi connectivity index (χ3n) is 1.81. The van der Waals surface area contributed by atoms with Crippen molar-refractivity contribution in [2.75, 3.05) is 14.2 Å². The normalized spacial score (nSPS) is 10.6. The van der Waals surface area contributed by atoms with Crippen LogP contribution in [-0.4, -0.2) is 28.6 Å². The minimum absolute atomic E-state index is 0.0823. The molecule has 0 saturated carbocycles. The van der Waals surface area contributed by atoms with Gasteiger partial charge in [0.25, 0.3) is 10.0 Å². The summed E-state index contributed by atoms with van der Waals surface area (Å²) in [5, 5.41) is 2.16. The van der Waals surface area contributed by atoms with E-state index in [9.17, 15) is 13.2 Å². The molecule has 0 aromatic heterocycles. The van der Waals surface area contributed by atoms with Crippen LogP contribution in [0.15, 0.2) is 29.2 Å². The van der Waals surface area contributed by atoms with Gasteiger partial charge in [0, 0.05) is 7.05 Å². The summed E-state index contributed by atoms with van der Waals surface area (Å²) in [4.78, 5) is 10.9.